The zero-order valence-corrected chi connectivity index (χ0v) is 37.1. The predicted octanol–water partition coefficient (Wildman–Crippen LogP) is 9.03. The van der Waals surface area contributed by atoms with Crippen molar-refractivity contribution in [3.05, 3.63) is 214 Å². The van der Waals surface area contributed by atoms with E-state index in [4.69, 9.17) is 9.47 Å². The number of nitrogens with zero attached hydrogens (tertiary/aromatic N) is 2. The second kappa shape index (κ2) is 25.0. The number of hydrogen-bond acceptors (Lipinski definition) is 9. The number of aliphatic hydroxyl groups excluding tert-OH is 4. The second-order valence-electron chi connectivity index (χ2n) is 16.8. The van der Waals surface area contributed by atoms with Gasteiger partial charge in [0.15, 0.2) is 0 Å². The number of benzene rings is 6. The molecule has 0 amide bonds. The van der Waals surface area contributed by atoms with Gasteiger partial charge in [0.1, 0.15) is 0 Å². The van der Waals surface area contributed by atoms with Crippen LogP contribution in [0.3, 0.4) is 0 Å². The number of ether oxygens (including phenoxy) is 2. The molecule has 0 fully saturated rings. The van der Waals surface area contributed by atoms with E-state index in [0.29, 0.717) is 39.0 Å². The van der Waals surface area contributed by atoms with E-state index in [9.17, 15) is 25.2 Å². The quantitative estimate of drug-likeness (QED) is 0.0442. The molecular formula is C55H64N2O7. The van der Waals surface area contributed by atoms with E-state index in [1.807, 2.05) is 146 Å². The smallest absolute Gasteiger partial charge is 0.434 e. The molecule has 4 N–H and O–H groups in total. The molecular weight excluding hydrogens is 801 g/mol. The number of rotatable bonds is 24. The highest BCUT2D eigenvalue weighted by molar-refractivity contribution is 5.59. The van der Waals surface area contributed by atoms with Gasteiger partial charge in [-0.05, 0) is 71.2 Å². The topological polar surface area (TPSA) is 123 Å². The Morgan fingerprint density at radius 1 is 0.406 bits per heavy atom. The van der Waals surface area contributed by atoms with Crippen LogP contribution in [0.5, 0.6) is 0 Å². The molecule has 0 spiro atoms. The molecule has 0 aliphatic heterocycles. The van der Waals surface area contributed by atoms with Crippen molar-refractivity contribution in [3.63, 3.8) is 0 Å². The summed E-state index contributed by atoms with van der Waals surface area (Å²) >= 11 is 0. The molecule has 0 aromatic heterocycles. The minimum absolute atomic E-state index is 0.0377. The van der Waals surface area contributed by atoms with Gasteiger partial charge in [0.25, 0.3) is 0 Å². The lowest BCUT2D eigenvalue weighted by Crippen LogP contribution is -2.40. The summed E-state index contributed by atoms with van der Waals surface area (Å²) in [5.74, 6) is 0. The maximum Gasteiger partial charge on any atom is 0.508 e. The van der Waals surface area contributed by atoms with Gasteiger partial charge in [0.2, 0.25) is 0 Å². The average Bonchev–Trinajstić information content (AvgIpc) is 3.33. The molecule has 0 saturated heterocycles. The van der Waals surface area contributed by atoms with E-state index in [1.165, 1.54) is 0 Å². The first-order chi connectivity index (χ1) is 31.1. The monoisotopic (exact) mass is 864 g/mol. The van der Waals surface area contributed by atoms with Gasteiger partial charge in [-0.1, -0.05) is 170 Å². The third-order valence-corrected chi connectivity index (χ3v) is 11.9. The van der Waals surface area contributed by atoms with Crippen LogP contribution < -0.4 is 0 Å². The van der Waals surface area contributed by atoms with Crippen LogP contribution in [0.2, 0.25) is 0 Å². The van der Waals surface area contributed by atoms with Crippen molar-refractivity contribution < 1.29 is 34.7 Å². The molecule has 0 saturated carbocycles. The van der Waals surface area contributed by atoms with E-state index in [0.717, 1.165) is 57.3 Å². The Kier molecular flexibility index (Phi) is 18.7. The maximum absolute atomic E-state index is 12.4. The highest BCUT2D eigenvalue weighted by Gasteiger charge is 2.24. The van der Waals surface area contributed by atoms with Crippen molar-refractivity contribution >= 4 is 6.16 Å². The molecule has 9 nitrogen and oxygen atoms in total. The van der Waals surface area contributed by atoms with Crippen LogP contribution in [-0.2, 0) is 35.2 Å². The van der Waals surface area contributed by atoms with Crippen molar-refractivity contribution in [1.82, 2.24) is 9.80 Å². The van der Waals surface area contributed by atoms with Crippen molar-refractivity contribution in [2.24, 2.45) is 0 Å². The summed E-state index contributed by atoms with van der Waals surface area (Å²) < 4.78 is 10.8. The molecule has 0 bridgehead atoms. The molecule has 336 valence electrons. The third-order valence-electron chi connectivity index (χ3n) is 11.9. The summed E-state index contributed by atoms with van der Waals surface area (Å²) in [6.45, 7) is 6.19. The second-order valence-corrected chi connectivity index (χ2v) is 16.8. The number of hydrogen-bond donors (Lipinski definition) is 4. The summed E-state index contributed by atoms with van der Waals surface area (Å²) in [4.78, 5) is 16.7. The third kappa shape index (κ3) is 15.3. The molecule has 0 unspecified atom stereocenters. The molecule has 0 radical (unpaired) electrons. The summed E-state index contributed by atoms with van der Waals surface area (Å²) in [5, 5.41) is 44.4. The summed E-state index contributed by atoms with van der Waals surface area (Å²) in [6, 6.07) is 55.0. The fourth-order valence-electron chi connectivity index (χ4n) is 8.05. The number of aliphatic hydroxyl groups is 4. The first-order valence-electron chi connectivity index (χ1n) is 22.5. The zero-order valence-electron chi connectivity index (χ0n) is 37.1. The van der Waals surface area contributed by atoms with E-state index in [1.54, 1.807) is 0 Å². The Morgan fingerprint density at radius 2 is 0.656 bits per heavy atom. The van der Waals surface area contributed by atoms with Crippen LogP contribution in [0.25, 0.3) is 0 Å². The Morgan fingerprint density at radius 3 is 0.922 bits per heavy atom. The van der Waals surface area contributed by atoms with Gasteiger partial charge in [0.05, 0.1) is 37.6 Å². The minimum atomic E-state index is -0.693. The number of carbonyl (C=O) groups is 1. The van der Waals surface area contributed by atoms with E-state index in [-0.39, 0.29) is 25.3 Å². The first kappa shape index (κ1) is 47.8. The largest absolute Gasteiger partial charge is 0.508 e. The lowest BCUT2D eigenvalue weighted by atomic mass is 10.0. The van der Waals surface area contributed by atoms with E-state index in [2.05, 4.69) is 47.9 Å². The molecule has 0 aliphatic rings. The van der Waals surface area contributed by atoms with Crippen LogP contribution >= 0.6 is 0 Å². The fourth-order valence-corrected chi connectivity index (χ4v) is 8.05. The van der Waals surface area contributed by atoms with Crippen LogP contribution in [0.4, 0.5) is 4.79 Å². The van der Waals surface area contributed by atoms with Gasteiger partial charge >= 0.3 is 6.16 Å². The van der Waals surface area contributed by atoms with Crippen molar-refractivity contribution in [2.75, 3.05) is 39.4 Å². The van der Waals surface area contributed by atoms with Crippen LogP contribution in [0.1, 0.15) is 82.8 Å². The Labute approximate surface area is 379 Å². The van der Waals surface area contributed by atoms with Crippen LogP contribution in [0, 0.1) is 0 Å². The fraction of sp³-hybridized carbons (Fsp3) is 0.327. The van der Waals surface area contributed by atoms with Crippen molar-refractivity contribution in [2.45, 2.75) is 76.0 Å². The highest BCUT2D eigenvalue weighted by Crippen LogP contribution is 2.24. The van der Waals surface area contributed by atoms with E-state index >= 15 is 0 Å². The van der Waals surface area contributed by atoms with Gasteiger partial charge in [-0.15, -0.1) is 0 Å². The van der Waals surface area contributed by atoms with Gasteiger partial charge in [-0.3, -0.25) is 9.80 Å². The lowest BCUT2D eigenvalue weighted by molar-refractivity contribution is 0.0478. The molecule has 64 heavy (non-hydrogen) atoms. The molecule has 6 rings (SSSR count). The molecule has 0 heterocycles. The van der Waals surface area contributed by atoms with Gasteiger partial charge in [-0.25, -0.2) is 4.79 Å². The maximum atomic E-state index is 12.4. The molecule has 6 atom stereocenters. The van der Waals surface area contributed by atoms with Crippen LogP contribution in [-0.4, -0.2) is 87.9 Å². The van der Waals surface area contributed by atoms with Gasteiger partial charge in [-0.2, -0.15) is 0 Å². The van der Waals surface area contributed by atoms with Gasteiger partial charge in [0, 0.05) is 51.1 Å². The van der Waals surface area contributed by atoms with Crippen molar-refractivity contribution in [3.8, 4) is 0 Å². The van der Waals surface area contributed by atoms with Gasteiger partial charge < -0.3 is 29.9 Å². The number of carbonyl (C=O) groups excluding carboxylic acids is 1. The summed E-state index contributed by atoms with van der Waals surface area (Å²) in [6.07, 6.45) is -0.885. The lowest BCUT2D eigenvalue weighted by Gasteiger charge is -2.33. The Balaban J connectivity index is 0.924. The highest BCUT2D eigenvalue weighted by atomic mass is 16.7. The Bertz CT molecular complexity index is 1960. The summed E-state index contributed by atoms with van der Waals surface area (Å²) in [5.41, 5.74) is 7.71. The zero-order chi connectivity index (χ0) is 45.1. The molecule has 0 aliphatic carbocycles. The van der Waals surface area contributed by atoms with Crippen molar-refractivity contribution in [1.29, 1.82) is 0 Å². The SMILES string of the molecule is C[C@H](Cc1ccc(CCOC(=O)OCCc2ccc(C[C@@H](C)N(C[C@H](O)c3ccccc3)C[C@H](O)c3ccccc3)cc2)cc1)N(C[C@H](O)c1ccccc1)C[C@H](O)c1ccccc1. The average molecular weight is 865 g/mol. The first-order valence-corrected chi connectivity index (χ1v) is 22.5. The van der Waals surface area contributed by atoms with E-state index < -0.39 is 30.6 Å². The predicted molar refractivity (Wildman–Crippen MR) is 253 cm³/mol. The molecule has 6 aromatic rings. The minimum Gasteiger partial charge on any atom is -0.434 e. The Hall–Kier alpha value is -5.65. The normalized spacial score (nSPS) is 14.4. The summed E-state index contributed by atoms with van der Waals surface area (Å²) in [7, 11) is 0. The molecule has 9 heteroatoms. The molecule has 6 aromatic carbocycles. The van der Waals surface area contributed by atoms with Crippen LogP contribution in [0.15, 0.2) is 170 Å². The standard InChI is InChI=1S/C55H64N2O7/c1-41(56(37-51(58)47-15-7-3-8-16-47)38-52(59)48-17-9-4-10-18-48)35-45-27-23-43(24-28-45)31-33-63-55(62)64-34-32-44-25-29-46(30-26-44)36-42(2)57(39-53(60)49-19-11-5-12-20-49)40-54(61)50-21-13-6-14-22-50/h3-30,41-42,51-54,58-61H,31-40H2,1-2H3/t41-,42-,51+,52+,53+,54+/m1/s1.